The van der Waals surface area contributed by atoms with Crippen molar-refractivity contribution in [2.75, 3.05) is 26.7 Å². The van der Waals surface area contributed by atoms with Gasteiger partial charge in [0.15, 0.2) is 0 Å². The third-order valence-electron chi connectivity index (χ3n) is 5.01. The van der Waals surface area contributed by atoms with E-state index in [1.807, 2.05) is 29.2 Å². The Hall–Kier alpha value is -2.89. The van der Waals surface area contributed by atoms with E-state index in [0.717, 1.165) is 50.1 Å². The summed E-state index contributed by atoms with van der Waals surface area (Å²) in [4.78, 5) is 31.2. The summed E-state index contributed by atoms with van der Waals surface area (Å²) in [5.74, 6) is 0.537. The molecule has 1 fully saturated rings. The second kappa shape index (κ2) is 9.88. The van der Waals surface area contributed by atoms with Crippen LogP contribution in [-0.4, -0.2) is 48.4 Å². The number of likely N-dealkylation sites (tertiary alicyclic amines) is 1. The van der Waals surface area contributed by atoms with Gasteiger partial charge in [0.25, 0.3) is 11.8 Å². The smallest absolute Gasteiger partial charge is 0.255 e. The molecule has 1 aromatic heterocycles. The minimum Gasteiger partial charge on any atom is -0.496 e. The van der Waals surface area contributed by atoms with Gasteiger partial charge in [0.05, 0.1) is 18.2 Å². The van der Waals surface area contributed by atoms with Crippen molar-refractivity contribution in [3.8, 4) is 5.75 Å². The van der Waals surface area contributed by atoms with Crippen LogP contribution in [0.2, 0.25) is 0 Å². The minimum absolute atomic E-state index is 0.0435. The maximum Gasteiger partial charge on any atom is 0.255 e. The Morgan fingerprint density at radius 2 is 1.79 bits per heavy atom. The zero-order chi connectivity index (χ0) is 19.8. The average Bonchev–Trinajstić information content (AvgIpc) is 3.03. The molecule has 3 rings (SSSR count). The van der Waals surface area contributed by atoms with E-state index in [0.29, 0.717) is 24.1 Å². The minimum atomic E-state index is -0.229. The lowest BCUT2D eigenvalue weighted by atomic mass is 10.1. The molecule has 0 radical (unpaired) electrons. The number of methoxy groups -OCH3 is 1. The second-order valence-electron chi connectivity index (χ2n) is 6.99. The van der Waals surface area contributed by atoms with E-state index >= 15 is 0 Å². The first-order valence-corrected chi connectivity index (χ1v) is 9.83. The highest BCUT2D eigenvalue weighted by molar-refractivity contribution is 5.99. The molecule has 6 nitrogen and oxygen atoms in total. The van der Waals surface area contributed by atoms with E-state index in [4.69, 9.17) is 4.74 Å². The Labute approximate surface area is 165 Å². The first kappa shape index (κ1) is 19.9. The van der Waals surface area contributed by atoms with Crippen LogP contribution in [0, 0.1) is 0 Å². The van der Waals surface area contributed by atoms with Crippen LogP contribution in [0.15, 0.2) is 42.7 Å². The third-order valence-corrected chi connectivity index (χ3v) is 5.01. The van der Waals surface area contributed by atoms with Crippen LogP contribution in [0.5, 0.6) is 5.75 Å². The van der Waals surface area contributed by atoms with Crippen molar-refractivity contribution in [3.63, 3.8) is 0 Å². The summed E-state index contributed by atoms with van der Waals surface area (Å²) in [6.07, 6.45) is 8.09. The highest BCUT2D eigenvalue weighted by atomic mass is 16.5. The third kappa shape index (κ3) is 5.09. The van der Waals surface area contributed by atoms with Gasteiger partial charge in [-0.3, -0.25) is 14.6 Å². The molecule has 1 N–H and O–H groups in total. The molecule has 6 heteroatoms. The fraction of sp³-hybridized carbons (Fsp3) is 0.409. The van der Waals surface area contributed by atoms with Crippen LogP contribution < -0.4 is 10.1 Å². The first-order valence-electron chi connectivity index (χ1n) is 9.83. The van der Waals surface area contributed by atoms with Gasteiger partial charge in [-0.1, -0.05) is 31.0 Å². The van der Waals surface area contributed by atoms with Gasteiger partial charge in [-0.05, 0) is 37.0 Å². The highest BCUT2D eigenvalue weighted by Crippen LogP contribution is 2.17. The number of nitrogens with zero attached hydrogens (tertiary/aromatic N) is 2. The number of nitrogens with one attached hydrogen (secondary N) is 1. The first-order chi connectivity index (χ1) is 13.7. The predicted molar refractivity (Wildman–Crippen MR) is 108 cm³/mol. The zero-order valence-corrected chi connectivity index (χ0v) is 16.3. The van der Waals surface area contributed by atoms with Crippen molar-refractivity contribution in [3.05, 3.63) is 59.4 Å². The summed E-state index contributed by atoms with van der Waals surface area (Å²) >= 11 is 0. The lowest BCUT2D eigenvalue weighted by Gasteiger charge is -2.20. The quantitative estimate of drug-likeness (QED) is 0.835. The predicted octanol–water partition coefficient (Wildman–Crippen LogP) is 3.08. The van der Waals surface area contributed by atoms with Gasteiger partial charge in [-0.15, -0.1) is 0 Å². The Bertz CT molecular complexity index is 814. The zero-order valence-electron chi connectivity index (χ0n) is 16.3. The average molecular weight is 381 g/mol. The number of amides is 2. The summed E-state index contributed by atoms with van der Waals surface area (Å²) in [6.45, 7) is 2.02. The molecule has 0 aliphatic carbocycles. The fourth-order valence-electron chi connectivity index (χ4n) is 3.46. The molecule has 1 aromatic carbocycles. The van der Waals surface area contributed by atoms with E-state index in [1.165, 1.54) is 6.20 Å². The van der Waals surface area contributed by atoms with E-state index in [9.17, 15) is 9.59 Å². The second-order valence-corrected chi connectivity index (χ2v) is 6.99. The number of hydrogen-bond donors (Lipinski definition) is 1. The van der Waals surface area contributed by atoms with Crippen LogP contribution in [0.25, 0.3) is 0 Å². The summed E-state index contributed by atoms with van der Waals surface area (Å²) in [5, 5.41) is 2.90. The van der Waals surface area contributed by atoms with E-state index in [2.05, 4.69) is 10.3 Å². The number of hydrogen-bond acceptors (Lipinski definition) is 4. The topological polar surface area (TPSA) is 71.5 Å². The number of pyridine rings is 1. The maximum atomic E-state index is 12.7. The number of aromatic nitrogens is 1. The molecule has 2 amide bonds. The molecule has 1 aliphatic heterocycles. The van der Waals surface area contributed by atoms with Gasteiger partial charge in [0.1, 0.15) is 5.75 Å². The molecular weight excluding hydrogens is 354 g/mol. The van der Waals surface area contributed by atoms with Crippen molar-refractivity contribution in [1.82, 2.24) is 15.2 Å². The summed E-state index contributed by atoms with van der Waals surface area (Å²) in [6, 6.07) is 9.38. The van der Waals surface area contributed by atoms with E-state index in [1.54, 1.807) is 19.4 Å². The molecular formula is C22H27N3O3. The summed E-state index contributed by atoms with van der Waals surface area (Å²) in [5.41, 5.74) is 1.91. The van der Waals surface area contributed by atoms with E-state index < -0.39 is 0 Å². The SMILES string of the molecule is COc1ccccc1CCNC(=O)c1cncc(C(=O)N2CCCCCC2)c1. The van der Waals surface area contributed by atoms with Crippen LogP contribution in [-0.2, 0) is 6.42 Å². The normalized spacial score (nSPS) is 14.2. The van der Waals surface area contributed by atoms with Crippen LogP contribution >= 0.6 is 0 Å². The molecule has 0 unspecified atom stereocenters. The molecule has 0 saturated carbocycles. The molecule has 148 valence electrons. The highest BCUT2D eigenvalue weighted by Gasteiger charge is 2.19. The number of carbonyl (C=O) groups is 2. The van der Waals surface area contributed by atoms with Gasteiger partial charge < -0.3 is 15.0 Å². The summed E-state index contributed by atoms with van der Waals surface area (Å²) < 4.78 is 5.33. The van der Waals surface area contributed by atoms with Gasteiger partial charge in [0, 0.05) is 32.0 Å². The number of benzene rings is 1. The van der Waals surface area contributed by atoms with Crippen molar-refractivity contribution in [2.24, 2.45) is 0 Å². The van der Waals surface area contributed by atoms with Gasteiger partial charge in [-0.25, -0.2) is 0 Å². The van der Waals surface area contributed by atoms with E-state index in [-0.39, 0.29) is 11.8 Å². The Morgan fingerprint density at radius 3 is 2.54 bits per heavy atom. The Kier molecular flexibility index (Phi) is 7.00. The fourth-order valence-corrected chi connectivity index (χ4v) is 3.46. The molecule has 28 heavy (non-hydrogen) atoms. The van der Waals surface area contributed by atoms with Crippen LogP contribution in [0.1, 0.15) is 52.0 Å². The largest absolute Gasteiger partial charge is 0.496 e. The van der Waals surface area contributed by atoms with Gasteiger partial charge in [-0.2, -0.15) is 0 Å². The van der Waals surface area contributed by atoms with Crippen molar-refractivity contribution in [1.29, 1.82) is 0 Å². The van der Waals surface area contributed by atoms with Crippen LogP contribution in [0.3, 0.4) is 0 Å². The van der Waals surface area contributed by atoms with Crippen molar-refractivity contribution in [2.45, 2.75) is 32.1 Å². The molecule has 0 bridgehead atoms. The number of para-hydroxylation sites is 1. The number of rotatable bonds is 6. The molecule has 1 saturated heterocycles. The monoisotopic (exact) mass is 381 g/mol. The molecule has 2 heterocycles. The lowest BCUT2D eigenvalue weighted by Crippen LogP contribution is -2.32. The van der Waals surface area contributed by atoms with Gasteiger partial charge in [0.2, 0.25) is 0 Å². The summed E-state index contributed by atoms with van der Waals surface area (Å²) in [7, 11) is 1.63. The number of carbonyl (C=O) groups excluding carboxylic acids is 2. The standard InChI is InChI=1S/C22H27N3O3/c1-28-20-9-5-4-8-17(20)10-11-24-21(26)18-14-19(16-23-15-18)22(27)25-12-6-2-3-7-13-25/h4-5,8-9,14-16H,2-3,6-7,10-13H2,1H3,(H,24,26). The molecule has 1 aliphatic rings. The molecule has 2 aromatic rings. The van der Waals surface area contributed by atoms with Crippen molar-refractivity contribution < 1.29 is 14.3 Å². The van der Waals surface area contributed by atoms with Gasteiger partial charge >= 0.3 is 0 Å². The maximum absolute atomic E-state index is 12.7. The van der Waals surface area contributed by atoms with Crippen molar-refractivity contribution >= 4 is 11.8 Å². The molecule has 0 spiro atoms. The molecule has 0 atom stereocenters. The lowest BCUT2D eigenvalue weighted by molar-refractivity contribution is 0.0761. The number of ether oxygens (including phenoxy) is 1. The Morgan fingerprint density at radius 1 is 1.07 bits per heavy atom. The van der Waals surface area contributed by atoms with Crippen LogP contribution in [0.4, 0.5) is 0 Å². The Balaban J connectivity index is 1.59.